The maximum Gasteiger partial charge on any atom is 0.231 e. The standard InChI is InChI=1S/C30H43N5O6/c1-5-11-34(16-21-9-10-22-23(15-21)40-20-39-22)28-25-29(32-18-31-28)35(19-33-25)30-27(38-14-8-4)26(37-13-7-3)24(41-30)17-36-12-6-2/h9-10,15,18-19,24,26-27,30H,5-8,11-14,16-17,20H2,1-4H3/t24-,26+,27?,30-/m1/s1. The Balaban J connectivity index is 1.45. The highest BCUT2D eigenvalue weighted by molar-refractivity contribution is 5.83. The minimum atomic E-state index is -0.458. The van der Waals surface area contributed by atoms with E-state index in [1.807, 2.05) is 16.7 Å². The van der Waals surface area contributed by atoms with E-state index in [4.69, 9.17) is 33.4 Å². The summed E-state index contributed by atoms with van der Waals surface area (Å²) in [5.74, 6) is 2.32. The molecule has 0 saturated carbocycles. The fraction of sp³-hybridized carbons (Fsp3) is 0.633. The number of benzene rings is 1. The highest BCUT2D eigenvalue weighted by Gasteiger charge is 2.48. The Morgan fingerprint density at radius 1 is 0.902 bits per heavy atom. The predicted octanol–water partition coefficient (Wildman–Crippen LogP) is 4.89. The zero-order chi connectivity index (χ0) is 28.6. The predicted molar refractivity (Wildman–Crippen MR) is 154 cm³/mol. The molecule has 0 radical (unpaired) electrons. The van der Waals surface area contributed by atoms with Gasteiger partial charge in [0.25, 0.3) is 0 Å². The van der Waals surface area contributed by atoms with E-state index in [1.54, 1.807) is 12.7 Å². The van der Waals surface area contributed by atoms with Crippen LogP contribution >= 0.6 is 0 Å². The average molecular weight is 570 g/mol. The summed E-state index contributed by atoms with van der Waals surface area (Å²) in [6.45, 7) is 12.5. The molecule has 1 saturated heterocycles. The van der Waals surface area contributed by atoms with Crippen molar-refractivity contribution in [1.82, 2.24) is 19.5 Å². The van der Waals surface area contributed by atoms with Crippen LogP contribution in [0.1, 0.15) is 65.2 Å². The minimum absolute atomic E-state index is 0.254. The molecule has 1 fully saturated rings. The zero-order valence-electron chi connectivity index (χ0n) is 24.7. The molecular formula is C30H43N5O6. The molecule has 11 nitrogen and oxygen atoms in total. The Morgan fingerprint density at radius 3 is 2.46 bits per heavy atom. The number of imidazole rings is 1. The molecule has 1 aromatic carbocycles. The van der Waals surface area contributed by atoms with Gasteiger partial charge in [-0.25, -0.2) is 15.0 Å². The van der Waals surface area contributed by atoms with Crippen LogP contribution in [0.25, 0.3) is 11.2 Å². The molecule has 4 atom stereocenters. The molecule has 41 heavy (non-hydrogen) atoms. The van der Waals surface area contributed by atoms with E-state index in [2.05, 4.69) is 48.6 Å². The van der Waals surface area contributed by atoms with Crippen molar-refractivity contribution < 1.29 is 28.4 Å². The molecule has 1 unspecified atom stereocenters. The first-order chi connectivity index (χ1) is 20.2. The fourth-order valence-corrected chi connectivity index (χ4v) is 5.34. The molecule has 0 amide bonds. The molecule has 2 aliphatic heterocycles. The number of anilines is 1. The first kappa shape index (κ1) is 29.5. The van der Waals surface area contributed by atoms with Crippen LogP contribution < -0.4 is 14.4 Å². The van der Waals surface area contributed by atoms with Crippen LogP contribution in [0.4, 0.5) is 5.82 Å². The fourth-order valence-electron chi connectivity index (χ4n) is 5.34. The molecule has 0 N–H and O–H groups in total. The van der Waals surface area contributed by atoms with Crippen LogP contribution in [0, 0.1) is 0 Å². The largest absolute Gasteiger partial charge is 0.454 e. The van der Waals surface area contributed by atoms with E-state index in [0.29, 0.717) is 38.6 Å². The van der Waals surface area contributed by atoms with E-state index in [-0.39, 0.29) is 25.1 Å². The van der Waals surface area contributed by atoms with Crippen molar-refractivity contribution in [3.63, 3.8) is 0 Å². The molecular weight excluding hydrogens is 526 g/mol. The number of ether oxygens (including phenoxy) is 6. The van der Waals surface area contributed by atoms with Crippen molar-refractivity contribution in [1.29, 1.82) is 0 Å². The summed E-state index contributed by atoms with van der Waals surface area (Å²) >= 11 is 0. The van der Waals surface area contributed by atoms with E-state index in [0.717, 1.165) is 60.6 Å². The Morgan fingerprint density at radius 2 is 1.68 bits per heavy atom. The van der Waals surface area contributed by atoms with E-state index < -0.39 is 6.23 Å². The molecule has 0 spiro atoms. The summed E-state index contributed by atoms with van der Waals surface area (Å²) in [5.41, 5.74) is 2.52. The minimum Gasteiger partial charge on any atom is -0.454 e. The zero-order valence-corrected chi connectivity index (χ0v) is 24.7. The summed E-state index contributed by atoms with van der Waals surface area (Å²) < 4.78 is 38.3. The number of fused-ring (bicyclic) bond motifs is 2. The van der Waals surface area contributed by atoms with Gasteiger partial charge in [0.15, 0.2) is 34.7 Å². The van der Waals surface area contributed by atoms with Gasteiger partial charge < -0.3 is 33.3 Å². The van der Waals surface area contributed by atoms with Gasteiger partial charge in [0.1, 0.15) is 24.6 Å². The van der Waals surface area contributed by atoms with Crippen LogP contribution in [-0.2, 0) is 25.5 Å². The smallest absolute Gasteiger partial charge is 0.231 e. The molecule has 5 rings (SSSR count). The second-order valence-corrected chi connectivity index (χ2v) is 10.4. The summed E-state index contributed by atoms with van der Waals surface area (Å²) in [7, 11) is 0. The molecule has 224 valence electrons. The van der Waals surface area contributed by atoms with Gasteiger partial charge in [0, 0.05) is 32.9 Å². The van der Waals surface area contributed by atoms with Crippen molar-refractivity contribution >= 4 is 17.0 Å². The number of nitrogens with zero attached hydrogens (tertiary/aromatic N) is 5. The number of hydrogen-bond donors (Lipinski definition) is 0. The lowest BCUT2D eigenvalue weighted by Crippen LogP contribution is -2.39. The first-order valence-corrected chi connectivity index (χ1v) is 15.0. The third-order valence-electron chi connectivity index (χ3n) is 7.16. The molecule has 2 aromatic heterocycles. The van der Waals surface area contributed by atoms with Crippen LogP contribution in [0.15, 0.2) is 30.9 Å². The van der Waals surface area contributed by atoms with Crippen molar-refractivity contribution in [2.24, 2.45) is 0 Å². The van der Waals surface area contributed by atoms with Crippen LogP contribution in [0.3, 0.4) is 0 Å². The van der Waals surface area contributed by atoms with Crippen LogP contribution in [-0.4, -0.2) is 77.6 Å². The van der Waals surface area contributed by atoms with Crippen molar-refractivity contribution in [2.45, 2.75) is 84.5 Å². The van der Waals surface area contributed by atoms with Gasteiger partial charge in [-0.1, -0.05) is 33.8 Å². The van der Waals surface area contributed by atoms with Crippen molar-refractivity contribution in [3.8, 4) is 11.5 Å². The normalized spacial score (nSPS) is 21.7. The van der Waals surface area contributed by atoms with Gasteiger partial charge in [0.2, 0.25) is 6.79 Å². The van der Waals surface area contributed by atoms with Gasteiger partial charge >= 0.3 is 0 Å². The third-order valence-corrected chi connectivity index (χ3v) is 7.16. The molecule has 0 aliphatic carbocycles. The van der Waals surface area contributed by atoms with E-state index in [9.17, 15) is 0 Å². The lowest BCUT2D eigenvalue weighted by molar-refractivity contribution is -0.0791. The molecule has 3 aromatic rings. The molecule has 2 aliphatic rings. The quantitative estimate of drug-likeness (QED) is 0.222. The first-order valence-electron chi connectivity index (χ1n) is 15.0. The van der Waals surface area contributed by atoms with Crippen molar-refractivity contribution in [2.75, 3.05) is 44.7 Å². The number of aromatic nitrogens is 4. The van der Waals surface area contributed by atoms with Gasteiger partial charge in [-0.2, -0.15) is 0 Å². The second-order valence-electron chi connectivity index (χ2n) is 10.4. The van der Waals surface area contributed by atoms with E-state index >= 15 is 0 Å². The Hall–Kier alpha value is -2.99. The van der Waals surface area contributed by atoms with Crippen LogP contribution in [0.2, 0.25) is 0 Å². The van der Waals surface area contributed by atoms with E-state index in [1.165, 1.54) is 0 Å². The lowest BCUT2D eigenvalue weighted by atomic mass is 10.1. The molecule has 11 heteroatoms. The average Bonchev–Trinajstić information content (AvgIpc) is 3.71. The summed E-state index contributed by atoms with van der Waals surface area (Å²) in [5, 5.41) is 0. The second kappa shape index (κ2) is 14.3. The molecule has 0 bridgehead atoms. The van der Waals surface area contributed by atoms with Crippen molar-refractivity contribution in [3.05, 3.63) is 36.4 Å². The number of rotatable bonds is 16. The lowest BCUT2D eigenvalue weighted by Gasteiger charge is -2.25. The molecule has 4 heterocycles. The van der Waals surface area contributed by atoms with Gasteiger partial charge in [-0.3, -0.25) is 4.57 Å². The summed E-state index contributed by atoms with van der Waals surface area (Å²) in [4.78, 5) is 16.4. The number of hydrogen-bond acceptors (Lipinski definition) is 10. The van der Waals surface area contributed by atoms with Crippen LogP contribution in [0.5, 0.6) is 11.5 Å². The Labute approximate surface area is 242 Å². The van der Waals surface area contributed by atoms with Gasteiger partial charge in [0.05, 0.1) is 12.9 Å². The maximum atomic E-state index is 6.61. The monoisotopic (exact) mass is 569 g/mol. The summed E-state index contributed by atoms with van der Waals surface area (Å²) in [6.07, 6.45) is 5.77. The Bertz CT molecular complexity index is 1260. The summed E-state index contributed by atoms with van der Waals surface area (Å²) in [6, 6.07) is 6.05. The van der Waals surface area contributed by atoms with Gasteiger partial charge in [-0.15, -0.1) is 0 Å². The third kappa shape index (κ3) is 6.58. The maximum absolute atomic E-state index is 6.61. The van der Waals surface area contributed by atoms with Gasteiger partial charge in [-0.05, 0) is 43.4 Å². The highest BCUT2D eigenvalue weighted by Crippen LogP contribution is 2.37. The highest BCUT2D eigenvalue weighted by atomic mass is 16.7. The Kier molecular flexibility index (Phi) is 10.3. The SMILES string of the molecule is CCCOC[C@H]1O[C@@H](n2cnc3c(N(CCC)Cc4ccc5c(c4)OCO5)ncnc32)C(OCCC)[C@H]1OCCC. The topological polar surface area (TPSA) is 102 Å².